The third-order valence-corrected chi connectivity index (χ3v) is 6.70. The number of anilines is 1. The van der Waals surface area contributed by atoms with Crippen molar-refractivity contribution in [3.63, 3.8) is 0 Å². The molecule has 7 nitrogen and oxygen atoms in total. The molecular formula is C26H28N4O3. The monoisotopic (exact) mass is 444 g/mol. The lowest BCUT2D eigenvalue weighted by molar-refractivity contribution is -0.136. The molecular weight excluding hydrogens is 416 g/mol. The molecule has 0 bridgehead atoms. The van der Waals surface area contributed by atoms with Gasteiger partial charge in [-0.25, -0.2) is 0 Å². The molecule has 1 atom stereocenters. The lowest BCUT2D eigenvalue weighted by atomic mass is 9.95. The van der Waals surface area contributed by atoms with Gasteiger partial charge in [0.1, 0.15) is 0 Å². The van der Waals surface area contributed by atoms with Crippen LogP contribution in [-0.4, -0.2) is 46.5 Å². The first-order chi connectivity index (χ1) is 16.0. The van der Waals surface area contributed by atoms with Gasteiger partial charge in [0, 0.05) is 43.2 Å². The smallest absolute Gasteiger partial charge is 0.257 e. The van der Waals surface area contributed by atoms with Crippen LogP contribution in [0.4, 0.5) is 5.69 Å². The predicted molar refractivity (Wildman–Crippen MR) is 125 cm³/mol. The van der Waals surface area contributed by atoms with Crippen LogP contribution in [-0.2, 0) is 9.59 Å². The van der Waals surface area contributed by atoms with Crippen LogP contribution >= 0.6 is 0 Å². The summed E-state index contributed by atoms with van der Waals surface area (Å²) in [5, 5.41) is 4.21. The van der Waals surface area contributed by atoms with Crippen molar-refractivity contribution in [1.29, 1.82) is 0 Å². The largest absolute Gasteiger partial charge is 0.342 e. The highest BCUT2D eigenvalue weighted by Crippen LogP contribution is 2.31. The molecule has 0 spiro atoms. The van der Waals surface area contributed by atoms with E-state index in [1.165, 1.54) is 0 Å². The summed E-state index contributed by atoms with van der Waals surface area (Å²) in [4.78, 5) is 34.0. The van der Waals surface area contributed by atoms with Gasteiger partial charge in [-0.3, -0.25) is 9.59 Å². The molecule has 0 unspecified atom stereocenters. The van der Waals surface area contributed by atoms with Gasteiger partial charge in [0.05, 0.1) is 5.92 Å². The van der Waals surface area contributed by atoms with Crippen LogP contribution in [0.1, 0.15) is 42.1 Å². The van der Waals surface area contributed by atoms with Gasteiger partial charge in [0.15, 0.2) is 5.82 Å². The summed E-state index contributed by atoms with van der Waals surface area (Å²) < 4.78 is 5.50. The maximum absolute atomic E-state index is 13.1. The molecule has 1 aromatic heterocycles. The van der Waals surface area contributed by atoms with Crippen molar-refractivity contribution < 1.29 is 14.1 Å². The zero-order chi connectivity index (χ0) is 22.9. The Kier molecular flexibility index (Phi) is 5.70. The zero-order valence-corrected chi connectivity index (χ0v) is 19.0. The molecule has 0 saturated carbocycles. The molecule has 2 amide bonds. The van der Waals surface area contributed by atoms with Crippen LogP contribution < -0.4 is 4.90 Å². The van der Waals surface area contributed by atoms with E-state index in [1.54, 1.807) is 4.90 Å². The van der Waals surface area contributed by atoms with Crippen molar-refractivity contribution >= 4 is 17.5 Å². The third kappa shape index (κ3) is 4.40. The van der Waals surface area contributed by atoms with Gasteiger partial charge in [-0.15, -0.1) is 0 Å². The van der Waals surface area contributed by atoms with Crippen molar-refractivity contribution in [3.05, 3.63) is 65.5 Å². The highest BCUT2D eigenvalue weighted by atomic mass is 16.5. The molecule has 170 valence electrons. The molecule has 0 radical (unpaired) electrons. The first kappa shape index (κ1) is 21.4. The number of benzene rings is 2. The fraction of sp³-hybridized carbons (Fsp3) is 0.385. The van der Waals surface area contributed by atoms with Crippen LogP contribution in [0.15, 0.2) is 53.1 Å². The number of amides is 2. The van der Waals surface area contributed by atoms with Crippen LogP contribution in [0.3, 0.4) is 0 Å². The lowest BCUT2D eigenvalue weighted by Crippen LogP contribution is -2.42. The Morgan fingerprint density at radius 2 is 1.79 bits per heavy atom. The molecule has 5 rings (SSSR count). The van der Waals surface area contributed by atoms with Crippen LogP contribution in [0.25, 0.3) is 11.5 Å². The maximum Gasteiger partial charge on any atom is 0.257 e. The van der Waals surface area contributed by atoms with Gasteiger partial charge < -0.3 is 14.3 Å². The normalized spacial score (nSPS) is 19.3. The molecule has 2 aliphatic heterocycles. The number of hydrogen-bond donors (Lipinski definition) is 0. The number of aromatic nitrogens is 2. The van der Waals surface area contributed by atoms with Gasteiger partial charge in [0.25, 0.3) is 5.89 Å². The Morgan fingerprint density at radius 1 is 1.03 bits per heavy atom. The minimum atomic E-state index is -0.284. The summed E-state index contributed by atoms with van der Waals surface area (Å²) in [5.41, 5.74) is 4.07. The van der Waals surface area contributed by atoms with Crippen molar-refractivity contribution in [2.45, 2.75) is 39.0 Å². The minimum absolute atomic E-state index is 0.0163. The zero-order valence-electron chi connectivity index (χ0n) is 19.0. The van der Waals surface area contributed by atoms with E-state index >= 15 is 0 Å². The summed E-state index contributed by atoms with van der Waals surface area (Å²) in [6, 6.07) is 15.9. The quantitative estimate of drug-likeness (QED) is 0.605. The molecule has 0 N–H and O–H groups in total. The van der Waals surface area contributed by atoms with E-state index in [0.717, 1.165) is 35.2 Å². The Bertz CT molecular complexity index is 1160. The number of hydrogen-bond acceptors (Lipinski definition) is 5. The third-order valence-electron chi connectivity index (χ3n) is 6.70. The SMILES string of the molecule is Cc1ccc(N2C[C@@H](C(=O)N3CCC(c4noc(-c5cccc(C)c5)n4)CC3)CC2=O)cc1. The summed E-state index contributed by atoms with van der Waals surface area (Å²) in [6.45, 7) is 5.79. The van der Waals surface area contributed by atoms with Gasteiger partial charge in [-0.2, -0.15) is 4.98 Å². The molecule has 0 aliphatic carbocycles. The van der Waals surface area contributed by atoms with Gasteiger partial charge in [-0.1, -0.05) is 40.5 Å². The Morgan fingerprint density at radius 3 is 2.52 bits per heavy atom. The van der Waals surface area contributed by atoms with E-state index in [1.807, 2.05) is 67.3 Å². The van der Waals surface area contributed by atoms with E-state index in [2.05, 4.69) is 10.1 Å². The number of piperidine rings is 1. The molecule has 3 aromatic rings. The number of aryl methyl sites for hydroxylation is 2. The average molecular weight is 445 g/mol. The number of rotatable bonds is 4. The van der Waals surface area contributed by atoms with Crippen molar-refractivity contribution in [2.24, 2.45) is 5.92 Å². The van der Waals surface area contributed by atoms with E-state index in [0.29, 0.717) is 31.3 Å². The van der Waals surface area contributed by atoms with E-state index in [4.69, 9.17) is 4.52 Å². The number of carbonyl (C=O) groups excluding carboxylic acids is 2. The van der Waals surface area contributed by atoms with Gasteiger partial charge in [0.2, 0.25) is 11.8 Å². The maximum atomic E-state index is 13.1. The Labute approximate surface area is 193 Å². The van der Waals surface area contributed by atoms with Crippen LogP contribution in [0.5, 0.6) is 0 Å². The number of nitrogens with zero attached hydrogens (tertiary/aromatic N) is 4. The number of likely N-dealkylation sites (tertiary alicyclic amines) is 1. The van der Waals surface area contributed by atoms with Crippen molar-refractivity contribution in [1.82, 2.24) is 15.0 Å². The summed E-state index contributed by atoms with van der Waals surface area (Å²) >= 11 is 0. The molecule has 2 aromatic carbocycles. The minimum Gasteiger partial charge on any atom is -0.342 e. The topological polar surface area (TPSA) is 79.5 Å². The molecule has 7 heteroatoms. The van der Waals surface area contributed by atoms with Crippen LogP contribution in [0.2, 0.25) is 0 Å². The molecule has 2 fully saturated rings. The second-order valence-electron chi connectivity index (χ2n) is 9.17. The summed E-state index contributed by atoms with van der Waals surface area (Å²) in [5.74, 6) is 1.22. The van der Waals surface area contributed by atoms with E-state index in [-0.39, 0.29) is 30.1 Å². The second kappa shape index (κ2) is 8.81. The first-order valence-electron chi connectivity index (χ1n) is 11.5. The van der Waals surface area contributed by atoms with E-state index < -0.39 is 0 Å². The highest BCUT2D eigenvalue weighted by molar-refractivity contribution is 6.00. The Balaban J connectivity index is 1.19. The van der Waals surface area contributed by atoms with Gasteiger partial charge in [-0.05, 0) is 51.0 Å². The van der Waals surface area contributed by atoms with Crippen LogP contribution in [0, 0.1) is 19.8 Å². The number of carbonyl (C=O) groups is 2. The summed E-state index contributed by atoms with van der Waals surface area (Å²) in [6.07, 6.45) is 1.86. The molecule has 2 saturated heterocycles. The first-order valence-corrected chi connectivity index (χ1v) is 11.5. The fourth-order valence-electron chi connectivity index (χ4n) is 4.76. The standard InChI is InChI=1S/C26H28N4O3/c1-17-6-8-22(9-7-17)30-16-21(15-23(30)31)26(32)29-12-10-19(11-13-29)24-27-25(33-28-24)20-5-3-4-18(2)14-20/h3-9,14,19,21H,10-13,15-16H2,1-2H3/t21-/m0/s1. The molecule has 3 heterocycles. The lowest BCUT2D eigenvalue weighted by Gasteiger charge is -2.32. The summed E-state index contributed by atoms with van der Waals surface area (Å²) in [7, 11) is 0. The molecule has 2 aliphatic rings. The van der Waals surface area contributed by atoms with Gasteiger partial charge >= 0.3 is 0 Å². The predicted octanol–water partition coefficient (Wildman–Crippen LogP) is 4.11. The van der Waals surface area contributed by atoms with Crippen molar-refractivity contribution in [3.8, 4) is 11.5 Å². The average Bonchev–Trinajstić information content (AvgIpc) is 3.47. The van der Waals surface area contributed by atoms with E-state index in [9.17, 15) is 9.59 Å². The highest BCUT2D eigenvalue weighted by Gasteiger charge is 2.38. The second-order valence-corrected chi connectivity index (χ2v) is 9.17. The van der Waals surface area contributed by atoms with Crippen molar-refractivity contribution in [2.75, 3.05) is 24.5 Å². The fourth-order valence-corrected chi connectivity index (χ4v) is 4.76. The Hall–Kier alpha value is -3.48. The molecule has 33 heavy (non-hydrogen) atoms.